The molecule has 3 atom stereocenters. The van der Waals surface area contributed by atoms with Crippen LogP contribution in [0.15, 0.2) is 36.0 Å². The fraction of sp³-hybridized carbons (Fsp3) is 0.700. The molecule has 0 fully saturated rings. The van der Waals surface area contributed by atoms with Gasteiger partial charge in [0, 0.05) is 0 Å². The summed E-state index contributed by atoms with van der Waals surface area (Å²) in [4.78, 5) is 0. The van der Waals surface area contributed by atoms with Gasteiger partial charge in [0.2, 0.25) is 0 Å². The van der Waals surface area contributed by atoms with Gasteiger partial charge in [-0.3, -0.25) is 0 Å². The zero-order valence-corrected chi connectivity index (χ0v) is 15.0. The maximum Gasteiger partial charge on any atom is 0.0834 e. The van der Waals surface area contributed by atoms with Crippen molar-refractivity contribution in [2.24, 2.45) is 11.8 Å². The summed E-state index contributed by atoms with van der Waals surface area (Å²) in [6.45, 7) is 10.3. The van der Waals surface area contributed by atoms with E-state index in [4.69, 9.17) is 0 Å². The average Bonchev–Trinajstić information content (AvgIpc) is 2.36. The van der Waals surface area contributed by atoms with Crippen LogP contribution in [-0.2, 0) is 0 Å². The first-order chi connectivity index (χ1) is 10.1. The fourth-order valence-corrected chi connectivity index (χ4v) is 2.79. The third kappa shape index (κ3) is 7.42. The molecule has 0 spiro atoms. The Morgan fingerprint density at radius 2 is 1.82 bits per heavy atom. The van der Waals surface area contributed by atoms with Crippen LogP contribution in [0, 0.1) is 11.8 Å². The topological polar surface area (TPSA) is 40.5 Å². The summed E-state index contributed by atoms with van der Waals surface area (Å²) in [7, 11) is 0. The van der Waals surface area contributed by atoms with Crippen LogP contribution in [0.5, 0.6) is 0 Å². The van der Waals surface area contributed by atoms with E-state index in [9.17, 15) is 10.2 Å². The summed E-state index contributed by atoms with van der Waals surface area (Å²) < 4.78 is 0. The molecule has 2 heteroatoms. The normalized spacial score (nSPS) is 40.5. The first-order valence-electron chi connectivity index (χ1n) is 8.59. The number of aliphatic hydroxyl groups is 2. The molecule has 0 aromatic heterocycles. The highest BCUT2D eigenvalue weighted by molar-refractivity contribution is 5.09. The molecule has 0 radical (unpaired) electrons. The summed E-state index contributed by atoms with van der Waals surface area (Å²) >= 11 is 0. The number of hydrogen-bond donors (Lipinski definition) is 2. The van der Waals surface area contributed by atoms with E-state index in [-0.39, 0.29) is 0 Å². The van der Waals surface area contributed by atoms with E-state index in [1.807, 2.05) is 32.1 Å². The third-order valence-electron chi connectivity index (χ3n) is 4.58. The fourth-order valence-electron chi connectivity index (χ4n) is 2.79. The number of rotatable bonds is 1. The van der Waals surface area contributed by atoms with E-state index in [2.05, 4.69) is 32.9 Å². The first kappa shape index (κ1) is 19.2. The van der Waals surface area contributed by atoms with E-state index < -0.39 is 11.2 Å². The Bertz CT molecular complexity index is 425. The second kappa shape index (κ2) is 8.12. The van der Waals surface area contributed by atoms with E-state index in [1.54, 1.807) is 0 Å². The van der Waals surface area contributed by atoms with Crippen LogP contribution in [0.3, 0.4) is 0 Å². The van der Waals surface area contributed by atoms with Crippen molar-refractivity contribution >= 4 is 0 Å². The lowest BCUT2D eigenvalue weighted by Gasteiger charge is -2.23. The van der Waals surface area contributed by atoms with Crippen molar-refractivity contribution in [1.82, 2.24) is 0 Å². The van der Waals surface area contributed by atoms with E-state index in [0.717, 1.165) is 19.3 Å². The Morgan fingerprint density at radius 3 is 2.45 bits per heavy atom. The van der Waals surface area contributed by atoms with Gasteiger partial charge in [-0.2, -0.15) is 0 Å². The SMILES string of the molecule is C/C1=C\CC[C@](C)(O)/C=C/C[C@](C)(O)/C=C/[C@H](C(C)C)CC1. The predicted octanol–water partition coefficient (Wildman–Crippen LogP) is 4.78. The molecule has 2 N–H and O–H groups in total. The van der Waals surface area contributed by atoms with Gasteiger partial charge in [-0.25, -0.2) is 0 Å². The minimum Gasteiger partial charge on any atom is -0.386 e. The van der Waals surface area contributed by atoms with Gasteiger partial charge < -0.3 is 10.2 Å². The molecule has 0 unspecified atom stereocenters. The Morgan fingerprint density at radius 1 is 1.14 bits per heavy atom. The molecule has 0 aliphatic heterocycles. The van der Waals surface area contributed by atoms with Gasteiger partial charge in [0.1, 0.15) is 0 Å². The Hall–Kier alpha value is -0.860. The quantitative estimate of drug-likeness (QED) is 0.684. The number of allylic oxidation sites excluding steroid dienone is 3. The highest BCUT2D eigenvalue weighted by Crippen LogP contribution is 2.25. The summed E-state index contributed by atoms with van der Waals surface area (Å²) in [5.74, 6) is 1.06. The summed E-state index contributed by atoms with van der Waals surface area (Å²) in [6.07, 6.45) is 14.4. The maximum atomic E-state index is 10.5. The third-order valence-corrected chi connectivity index (χ3v) is 4.58. The van der Waals surface area contributed by atoms with Crippen LogP contribution in [0.4, 0.5) is 0 Å². The molecule has 0 saturated heterocycles. The van der Waals surface area contributed by atoms with Crippen LogP contribution in [-0.4, -0.2) is 21.4 Å². The second-order valence-electron chi connectivity index (χ2n) is 7.72. The Kier molecular flexibility index (Phi) is 7.08. The second-order valence-corrected chi connectivity index (χ2v) is 7.72. The lowest BCUT2D eigenvalue weighted by atomic mass is 9.86. The van der Waals surface area contributed by atoms with Gasteiger partial charge >= 0.3 is 0 Å². The molecule has 2 nitrogen and oxygen atoms in total. The molecule has 22 heavy (non-hydrogen) atoms. The molecule has 1 rings (SSSR count). The van der Waals surface area contributed by atoms with Crippen molar-refractivity contribution in [3.05, 3.63) is 36.0 Å². The van der Waals surface area contributed by atoms with Crippen molar-refractivity contribution in [3.8, 4) is 0 Å². The highest BCUT2D eigenvalue weighted by atomic mass is 16.3. The summed E-state index contributed by atoms with van der Waals surface area (Å²) in [5, 5.41) is 20.8. The molecule has 1 aliphatic rings. The standard InChI is InChI=1S/C20H34O2/c1-16(2)18-10-9-17(3)8-6-12-19(4,21)13-7-14-20(5,22)15-11-18/h7-8,11,13,15-16,18,21-22H,6,9-10,12,14H2,1-5H3/b13-7+,15-11+,17-8+/t18-,19+,20+/m1/s1. The van der Waals surface area contributed by atoms with E-state index >= 15 is 0 Å². The van der Waals surface area contributed by atoms with Gasteiger partial charge in [0.25, 0.3) is 0 Å². The van der Waals surface area contributed by atoms with Gasteiger partial charge in [-0.15, -0.1) is 0 Å². The molecule has 0 heterocycles. The summed E-state index contributed by atoms with van der Waals surface area (Å²) in [5.41, 5.74) is -0.266. The van der Waals surface area contributed by atoms with E-state index in [1.165, 1.54) is 5.57 Å². The van der Waals surface area contributed by atoms with Gasteiger partial charge in [-0.05, 0) is 64.7 Å². The van der Waals surface area contributed by atoms with Crippen molar-refractivity contribution in [3.63, 3.8) is 0 Å². The van der Waals surface area contributed by atoms with Crippen molar-refractivity contribution < 1.29 is 10.2 Å². The van der Waals surface area contributed by atoms with Gasteiger partial charge in [0.15, 0.2) is 0 Å². The largest absolute Gasteiger partial charge is 0.386 e. The molecular formula is C20H34O2. The molecule has 126 valence electrons. The molecule has 0 bridgehead atoms. The Labute approximate surface area is 136 Å². The van der Waals surface area contributed by atoms with Gasteiger partial charge in [0.05, 0.1) is 11.2 Å². The molecule has 0 aromatic carbocycles. The minimum absolute atomic E-state index is 0.491. The van der Waals surface area contributed by atoms with Crippen molar-refractivity contribution in [2.75, 3.05) is 0 Å². The molecule has 0 aromatic rings. The Balaban J connectivity index is 2.96. The van der Waals surface area contributed by atoms with Crippen LogP contribution < -0.4 is 0 Å². The zero-order valence-electron chi connectivity index (χ0n) is 15.0. The van der Waals surface area contributed by atoms with Crippen LogP contribution >= 0.6 is 0 Å². The number of hydrogen-bond acceptors (Lipinski definition) is 2. The van der Waals surface area contributed by atoms with Crippen molar-refractivity contribution in [1.29, 1.82) is 0 Å². The average molecular weight is 306 g/mol. The van der Waals surface area contributed by atoms with Crippen molar-refractivity contribution in [2.45, 2.75) is 77.9 Å². The molecular weight excluding hydrogens is 272 g/mol. The zero-order chi connectivity index (χ0) is 16.8. The first-order valence-corrected chi connectivity index (χ1v) is 8.59. The van der Waals surface area contributed by atoms with Crippen LogP contribution in [0.25, 0.3) is 0 Å². The van der Waals surface area contributed by atoms with Gasteiger partial charge in [-0.1, -0.05) is 49.8 Å². The monoisotopic (exact) mass is 306 g/mol. The summed E-state index contributed by atoms with van der Waals surface area (Å²) in [6, 6.07) is 0. The lowest BCUT2D eigenvalue weighted by molar-refractivity contribution is 0.0985. The minimum atomic E-state index is -0.852. The lowest BCUT2D eigenvalue weighted by Crippen LogP contribution is -2.23. The molecule has 0 saturated carbocycles. The van der Waals surface area contributed by atoms with E-state index in [0.29, 0.717) is 24.7 Å². The molecule has 0 amide bonds. The molecule has 1 aliphatic carbocycles. The van der Waals surface area contributed by atoms with Crippen LogP contribution in [0.1, 0.15) is 66.7 Å². The highest BCUT2D eigenvalue weighted by Gasteiger charge is 2.19. The smallest absolute Gasteiger partial charge is 0.0834 e. The maximum absolute atomic E-state index is 10.5. The predicted molar refractivity (Wildman–Crippen MR) is 94.7 cm³/mol. The van der Waals surface area contributed by atoms with Crippen LogP contribution in [0.2, 0.25) is 0 Å².